The van der Waals surface area contributed by atoms with Crippen LogP contribution in [0.3, 0.4) is 0 Å². The predicted octanol–water partition coefficient (Wildman–Crippen LogP) is 2.41. The number of hydrogen-bond donors (Lipinski definition) is 2. The number of pyridine rings is 1. The minimum atomic E-state index is -0.319. The highest BCUT2D eigenvalue weighted by Crippen LogP contribution is 2.19. The molecule has 0 saturated carbocycles. The molecule has 122 valence electrons. The van der Waals surface area contributed by atoms with Crippen LogP contribution in [-0.4, -0.2) is 35.1 Å². The molecule has 0 unspecified atom stereocenters. The number of nitrogens with one attached hydrogen (secondary N) is 2. The van der Waals surface area contributed by atoms with Crippen molar-refractivity contribution in [3.05, 3.63) is 54.6 Å². The topological polar surface area (TPSA) is 83.0 Å². The van der Waals surface area contributed by atoms with E-state index in [1.165, 1.54) is 6.33 Å². The van der Waals surface area contributed by atoms with Crippen LogP contribution in [0.4, 0.5) is 16.3 Å². The molecule has 7 nitrogen and oxygen atoms in total. The second kappa shape index (κ2) is 6.91. The summed E-state index contributed by atoms with van der Waals surface area (Å²) < 4.78 is 0. The number of urea groups is 1. The van der Waals surface area contributed by atoms with Crippen molar-refractivity contribution in [1.29, 1.82) is 0 Å². The van der Waals surface area contributed by atoms with Crippen molar-refractivity contribution < 1.29 is 4.79 Å². The first-order valence-corrected chi connectivity index (χ1v) is 7.50. The van der Waals surface area contributed by atoms with Gasteiger partial charge in [-0.3, -0.25) is 4.98 Å². The summed E-state index contributed by atoms with van der Waals surface area (Å²) in [5.74, 6) is 0.645. The molecule has 3 rings (SSSR count). The van der Waals surface area contributed by atoms with Gasteiger partial charge in [0.2, 0.25) is 0 Å². The van der Waals surface area contributed by atoms with Gasteiger partial charge in [0.15, 0.2) is 5.82 Å². The van der Waals surface area contributed by atoms with Crippen molar-refractivity contribution >= 4 is 28.4 Å². The van der Waals surface area contributed by atoms with Crippen molar-refractivity contribution in [2.24, 2.45) is 0 Å². The minimum Gasteiger partial charge on any atom is -0.361 e. The van der Waals surface area contributed by atoms with Gasteiger partial charge in [-0.1, -0.05) is 24.3 Å². The van der Waals surface area contributed by atoms with Crippen LogP contribution in [0.1, 0.15) is 5.56 Å². The first kappa shape index (κ1) is 15.7. The van der Waals surface area contributed by atoms with E-state index < -0.39 is 0 Å². The van der Waals surface area contributed by atoms with Crippen molar-refractivity contribution in [1.82, 2.24) is 20.3 Å². The highest BCUT2D eigenvalue weighted by Gasteiger charge is 2.10. The smallest absolute Gasteiger partial charge is 0.319 e. The van der Waals surface area contributed by atoms with E-state index in [0.29, 0.717) is 18.1 Å². The SMILES string of the molecule is CN(C)c1ncncc1NC(=O)NCc1cccc2cccnc12. The molecule has 0 saturated heterocycles. The fourth-order valence-corrected chi connectivity index (χ4v) is 2.42. The van der Waals surface area contributed by atoms with Crippen molar-refractivity contribution in [2.75, 3.05) is 24.3 Å². The van der Waals surface area contributed by atoms with Crippen LogP contribution in [0.15, 0.2) is 49.1 Å². The second-order valence-corrected chi connectivity index (χ2v) is 5.45. The molecule has 2 heterocycles. The third kappa shape index (κ3) is 3.40. The number of carbonyl (C=O) groups is 1. The maximum Gasteiger partial charge on any atom is 0.319 e. The van der Waals surface area contributed by atoms with E-state index in [9.17, 15) is 4.79 Å². The number of para-hydroxylation sites is 1. The average molecular weight is 322 g/mol. The molecule has 0 bridgehead atoms. The van der Waals surface area contributed by atoms with E-state index in [4.69, 9.17) is 0 Å². The van der Waals surface area contributed by atoms with E-state index in [1.54, 1.807) is 12.4 Å². The zero-order valence-corrected chi connectivity index (χ0v) is 13.5. The first-order valence-electron chi connectivity index (χ1n) is 7.50. The molecular formula is C17H18N6O. The molecule has 0 aliphatic carbocycles. The summed E-state index contributed by atoms with van der Waals surface area (Å²) >= 11 is 0. The summed E-state index contributed by atoms with van der Waals surface area (Å²) in [6.45, 7) is 0.380. The monoisotopic (exact) mass is 322 g/mol. The molecule has 0 fully saturated rings. The Kier molecular flexibility index (Phi) is 4.51. The van der Waals surface area contributed by atoms with Crippen LogP contribution in [0.2, 0.25) is 0 Å². The molecule has 0 spiro atoms. The van der Waals surface area contributed by atoms with E-state index in [1.807, 2.05) is 49.3 Å². The van der Waals surface area contributed by atoms with Gasteiger partial charge in [-0.15, -0.1) is 0 Å². The lowest BCUT2D eigenvalue weighted by molar-refractivity contribution is 0.252. The van der Waals surface area contributed by atoms with E-state index in [0.717, 1.165) is 16.5 Å². The van der Waals surface area contributed by atoms with Crippen molar-refractivity contribution in [3.8, 4) is 0 Å². The Morgan fingerprint density at radius 1 is 1.17 bits per heavy atom. The first-order chi connectivity index (χ1) is 11.6. The molecule has 2 aromatic heterocycles. The zero-order valence-electron chi connectivity index (χ0n) is 13.5. The molecule has 7 heteroatoms. The van der Waals surface area contributed by atoms with E-state index >= 15 is 0 Å². The van der Waals surface area contributed by atoms with E-state index in [2.05, 4.69) is 25.6 Å². The third-order valence-corrected chi connectivity index (χ3v) is 3.52. The highest BCUT2D eigenvalue weighted by molar-refractivity contribution is 5.92. The van der Waals surface area contributed by atoms with Gasteiger partial charge in [-0.05, 0) is 11.6 Å². The maximum atomic E-state index is 12.2. The number of rotatable bonds is 4. The lowest BCUT2D eigenvalue weighted by Crippen LogP contribution is -2.29. The highest BCUT2D eigenvalue weighted by atomic mass is 16.2. The Hall–Kier alpha value is -3.22. The van der Waals surface area contributed by atoms with Crippen LogP contribution < -0.4 is 15.5 Å². The van der Waals surface area contributed by atoms with Crippen LogP contribution in [0.5, 0.6) is 0 Å². The fraction of sp³-hybridized carbons (Fsp3) is 0.176. The number of fused-ring (bicyclic) bond motifs is 1. The van der Waals surface area contributed by atoms with Gasteiger partial charge in [0, 0.05) is 32.2 Å². The number of nitrogens with zero attached hydrogens (tertiary/aromatic N) is 4. The predicted molar refractivity (Wildman–Crippen MR) is 94.0 cm³/mol. The number of aromatic nitrogens is 3. The Balaban J connectivity index is 1.70. The van der Waals surface area contributed by atoms with E-state index in [-0.39, 0.29) is 6.03 Å². The summed E-state index contributed by atoms with van der Waals surface area (Å²) in [5, 5.41) is 6.66. The van der Waals surface area contributed by atoms with Gasteiger partial charge >= 0.3 is 6.03 Å². The summed E-state index contributed by atoms with van der Waals surface area (Å²) in [5.41, 5.74) is 2.40. The number of amides is 2. The van der Waals surface area contributed by atoms with Crippen molar-refractivity contribution in [2.45, 2.75) is 6.54 Å². The summed E-state index contributed by atoms with van der Waals surface area (Å²) in [7, 11) is 3.71. The molecule has 0 aliphatic rings. The minimum absolute atomic E-state index is 0.319. The quantitative estimate of drug-likeness (QED) is 0.771. The number of anilines is 2. The summed E-state index contributed by atoms with van der Waals surface area (Å²) in [6.07, 6.45) is 4.76. The van der Waals surface area contributed by atoms with Gasteiger partial charge in [-0.25, -0.2) is 14.8 Å². The normalized spacial score (nSPS) is 10.4. The van der Waals surface area contributed by atoms with Gasteiger partial charge in [0.25, 0.3) is 0 Å². The molecule has 3 aromatic rings. The molecular weight excluding hydrogens is 304 g/mol. The average Bonchev–Trinajstić information content (AvgIpc) is 2.60. The third-order valence-electron chi connectivity index (χ3n) is 3.52. The Labute approximate surface area is 139 Å². The Morgan fingerprint density at radius 3 is 2.83 bits per heavy atom. The molecule has 0 atom stereocenters. The molecule has 2 N–H and O–H groups in total. The van der Waals surface area contributed by atoms with Gasteiger partial charge in [0.05, 0.1) is 11.7 Å². The number of benzene rings is 1. The van der Waals surface area contributed by atoms with Crippen LogP contribution in [0.25, 0.3) is 10.9 Å². The fourth-order valence-electron chi connectivity index (χ4n) is 2.42. The standard InChI is InChI=1S/C17H18N6O/c1-23(2)16-14(10-18-11-21-16)22-17(24)20-9-13-6-3-5-12-7-4-8-19-15(12)13/h3-8,10-11H,9H2,1-2H3,(H2,20,22,24). The van der Waals surface area contributed by atoms with Gasteiger partial charge < -0.3 is 15.5 Å². The maximum absolute atomic E-state index is 12.2. The largest absolute Gasteiger partial charge is 0.361 e. The Morgan fingerprint density at radius 2 is 2.00 bits per heavy atom. The van der Waals surface area contributed by atoms with Crippen molar-refractivity contribution in [3.63, 3.8) is 0 Å². The number of hydrogen-bond acceptors (Lipinski definition) is 5. The van der Waals surface area contributed by atoms with Gasteiger partial charge in [-0.2, -0.15) is 0 Å². The Bertz CT molecular complexity index is 859. The van der Waals surface area contributed by atoms with Crippen LogP contribution in [-0.2, 0) is 6.54 Å². The summed E-state index contributed by atoms with van der Waals surface area (Å²) in [6, 6.07) is 9.47. The second-order valence-electron chi connectivity index (χ2n) is 5.45. The zero-order chi connectivity index (χ0) is 16.9. The molecule has 0 aliphatic heterocycles. The van der Waals surface area contributed by atoms with Crippen LogP contribution >= 0.6 is 0 Å². The van der Waals surface area contributed by atoms with Gasteiger partial charge in [0.1, 0.15) is 12.0 Å². The lowest BCUT2D eigenvalue weighted by Gasteiger charge is -2.16. The molecule has 24 heavy (non-hydrogen) atoms. The molecule has 0 radical (unpaired) electrons. The molecule has 2 amide bonds. The summed E-state index contributed by atoms with van der Waals surface area (Å²) in [4.78, 5) is 26.5. The lowest BCUT2D eigenvalue weighted by atomic mass is 10.1. The van der Waals surface area contributed by atoms with Crippen LogP contribution in [0, 0.1) is 0 Å². The molecule has 1 aromatic carbocycles. The number of carbonyl (C=O) groups excluding carboxylic acids is 1.